The summed E-state index contributed by atoms with van der Waals surface area (Å²) in [6, 6.07) is 9.91. The van der Waals surface area contributed by atoms with E-state index in [1.54, 1.807) is 16.2 Å². The molecular formula is C24H27FN4O4S2. The highest BCUT2D eigenvalue weighted by atomic mass is 32.2. The molecule has 0 aliphatic carbocycles. The van der Waals surface area contributed by atoms with Gasteiger partial charge in [-0.3, -0.25) is 4.79 Å². The molecule has 186 valence electrons. The Labute approximate surface area is 208 Å². The number of nitrogens with zero attached hydrogens (tertiary/aromatic N) is 4. The fraction of sp³-hybridized carbons (Fsp3) is 0.417. The molecule has 2 aromatic carbocycles. The summed E-state index contributed by atoms with van der Waals surface area (Å²) in [4.78, 5) is 22.1. The number of amides is 1. The third-order valence-electron chi connectivity index (χ3n) is 6.44. The van der Waals surface area contributed by atoms with E-state index in [4.69, 9.17) is 9.72 Å². The summed E-state index contributed by atoms with van der Waals surface area (Å²) in [5.41, 5.74) is 0.848. The van der Waals surface area contributed by atoms with Crippen LogP contribution in [0.15, 0.2) is 47.4 Å². The van der Waals surface area contributed by atoms with Crippen molar-refractivity contribution < 1.29 is 22.3 Å². The van der Waals surface area contributed by atoms with Crippen molar-refractivity contribution in [2.24, 2.45) is 0 Å². The molecule has 2 fully saturated rings. The Balaban J connectivity index is 1.27. The van der Waals surface area contributed by atoms with Gasteiger partial charge in [-0.1, -0.05) is 17.4 Å². The first-order valence-corrected chi connectivity index (χ1v) is 14.0. The standard InChI is InChI=1S/C24H27FN4O4S2/c1-2-33-20-6-3-7-21-22(20)26-24(34-21)28-15-13-27(14-16-28)23(30)19-5-4-12-29(19)35(31,32)18-10-8-17(25)9-11-18/h3,6-11,19H,2,4-5,12-16H2,1H3. The number of aromatic nitrogens is 1. The Kier molecular flexibility index (Phi) is 6.65. The van der Waals surface area contributed by atoms with Crippen LogP contribution in [0.1, 0.15) is 19.8 Å². The highest BCUT2D eigenvalue weighted by Gasteiger charge is 2.41. The molecule has 1 atom stereocenters. The van der Waals surface area contributed by atoms with Crippen LogP contribution in [0.25, 0.3) is 10.2 Å². The first-order valence-electron chi connectivity index (χ1n) is 11.7. The molecule has 1 unspecified atom stereocenters. The maximum Gasteiger partial charge on any atom is 0.243 e. The van der Waals surface area contributed by atoms with Crippen LogP contribution in [0, 0.1) is 5.82 Å². The number of carbonyl (C=O) groups is 1. The Hall–Kier alpha value is -2.76. The molecule has 2 saturated heterocycles. The van der Waals surface area contributed by atoms with E-state index < -0.39 is 21.9 Å². The van der Waals surface area contributed by atoms with Gasteiger partial charge in [0.05, 0.1) is 16.2 Å². The van der Waals surface area contributed by atoms with Crippen LogP contribution in [0.4, 0.5) is 9.52 Å². The average Bonchev–Trinajstić information content (AvgIpc) is 3.53. The summed E-state index contributed by atoms with van der Waals surface area (Å²) in [5, 5.41) is 0.889. The van der Waals surface area contributed by atoms with Crippen molar-refractivity contribution >= 4 is 42.6 Å². The van der Waals surface area contributed by atoms with Crippen LogP contribution >= 0.6 is 11.3 Å². The number of benzene rings is 2. The molecule has 0 saturated carbocycles. The Bertz CT molecular complexity index is 1320. The van der Waals surface area contributed by atoms with Gasteiger partial charge in [0.2, 0.25) is 15.9 Å². The SMILES string of the molecule is CCOc1cccc2sc(N3CCN(C(=O)C4CCCN4S(=O)(=O)c4ccc(F)cc4)CC3)nc12. The van der Waals surface area contributed by atoms with E-state index in [0.717, 1.165) is 33.2 Å². The van der Waals surface area contributed by atoms with Crippen molar-refractivity contribution in [1.29, 1.82) is 0 Å². The van der Waals surface area contributed by atoms with Gasteiger partial charge in [-0.15, -0.1) is 0 Å². The van der Waals surface area contributed by atoms with E-state index >= 15 is 0 Å². The van der Waals surface area contributed by atoms with Crippen molar-refractivity contribution in [2.45, 2.75) is 30.7 Å². The molecule has 11 heteroatoms. The van der Waals surface area contributed by atoms with Crippen LogP contribution in [-0.2, 0) is 14.8 Å². The highest BCUT2D eigenvalue weighted by molar-refractivity contribution is 7.89. The van der Waals surface area contributed by atoms with E-state index in [2.05, 4.69) is 4.90 Å². The third kappa shape index (κ3) is 4.60. The molecule has 1 aromatic heterocycles. The predicted octanol–water partition coefficient (Wildman–Crippen LogP) is 3.34. The molecule has 3 aromatic rings. The van der Waals surface area contributed by atoms with Gasteiger partial charge in [0.1, 0.15) is 23.1 Å². The highest BCUT2D eigenvalue weighted by Crippen LogP contribution is 2.35. The number of carbonyl (C=O) groups excluding carboxylic acids is 1. The lowest BCUT2D eigenvalue weighted by Crippen LogP contribution is -2.54. The molecule has 0 spiro atoms. The number of piperazine rings is 1. The molecule has 35 heavy (non-hydrogen) atoms. The number of hydrogen-bond donors (Lipinski definition) is 0. The van der Waals surface area contributed by atoms with Crippen molar-refractivity contribution in [3.8, 4) is 5.75 Å². The summed E-state index contributed by atoms with van der Waals surface area (Å²) < 4.78 is 47.6. The number of sulfonamides is 1. The van der Waals surface area contributed by atoms with Gasteiger partial charge in [0.25, 0.3) is 0 Å². The topological polar surface area (TPSA) is 83.0 Å². The van der Waals surface area contributed by atoms with Crippen LogP contribution in [0.2, 0.25) is 0 Å². The fourth-order valence-electron chi connectivity index (χ4n) is 4.66. The van der Waals surface area contributed by atoms with E-state index in [0.29, 0.717) is 45.6 Å². The first-order chi connectivity index (χ1) is 16.9. The minimum absolute atomic E-state index is 0.00526. The lowest BCUT2D eigenvalue weighted by Gasteiger charge is -2.37. The maximum atomic E-state index is 13.4. The van der Waals surface area contributed by atoms with Crippen LogP contribution in [0.5, 0.6) is 5.75 Å². The Morgan fingerprint density at radius 2 is 1.86 bits per heavy atom. The van der Waals surface area contributed by atoms with E-state index in [9.17, 15) is 17.6 Å². The number of anilines is 1. The number of ether oxygens (including phenoxy) is 1. The lowest BCUT2D eigenvalue weighted by atomic mass is 10.2. The molecule has 2 aliphatic rings. The van der Waals surface area contributed by atoms with Gasteiger partial charge in [-0.05, 0) is 56.2 Å². The van der Waals surface area contributed by atoms with Crippen LogP contribution in [-0.4, -0.2) is 73.9 Å². The fourth-order valence-corrected chi connectivity index (χ4v) is 7.35. The number of thiazole rings is 1. The van der Waals surface area contributed by atoms with E-state index in [1.165, 1.54) is 16.4 Å². The zero-order valence-corrected chi connectivity index (χ0v) is 21.0. The average molecular weight is 519 g/mol. The number of fused-ring (bicyclic) bond motifs is 1. The third-order valence-corrected chi connectivity index (χ3v) is 9.45. The molecule has 0 bridgehead atoms. The number of rotatable bonds is 6. The second-order valence-electron chi connectivity index (χ2n) is 8.57. The van der Waals surface area contributed by atoms with Crippen molar-refractivity contribution in [3.05, 3.63) is 48.3 Å². The molecule has 0 N–H and O–H groups in total. The molecule has 1 amide bonds. The zero-order chi connectivity index (χ0) is 24.6. The molecule has 0 radical (unpaired) electrons. The number of hydrogen-bond acceptors (Lipinski definition) is 7. The number of para-hydroxylation sites is 1. The quantitative estimate of drug-likeness (QED) is 0.498. The minimum atomic E-state index is -3.88. The largest absolute Gasteiger partial charge is 0.492 e. The summed E-state index contributed by atoms with van der Waals surface area (Å²) in [6.07, 6.45) is 1.10. The molecule has 5 rings (SSSR count). The Morgan fingerprint density at radius 1 is 1.11 bits per heavy atom. The van der Waals surface area contributed by atoms with Gasteiger partial charge in [0.15, 0.2) is 5.13 Å². The second kappa shape index (κ2) is 9.71. The van der Waals surface area contributed by atoms with Crippen LogP contribution in [0.3, 0.4) is 0 Å². The van der Waals surface area contributed by atoms with Gasteiger partial charge in [-0.2, -0.15) is 4.31 Å². The molecule has 2 aliphatic heterocycles. The summed E-state index contributed by atoms with van der Waals surface area (Å²) in [6.45, 7) is 5.02. The predicted molar refractivity (Wildman–Crippen MR) is 133 cm³/mol. The summed E-state index contributed by atoms with van der Waals surface area (Å²) in [7, 11) is -3.88. The van der Waals surface area contributed by atoms with Gasteiger partial charge in [-0.25, -0.2) is 17.8 Å². The molecular weight excluding hydrogens is 491 g/mol. The van der Waals surface area contributed by atoms with E-state index in [1.807, 2.05) is 25.1 Å². The van der Waals surface area contributed by atoms with Crippen molar-refractivity contribution in [2.75, 3.05) is 44.2 Å². The first kappa shape index (κ1) is 24.0. The monoisotopic (exact) mass is 518 g/mol. The Morgan fingerprint density at radius 3 is 2.57 bits per heavy atom. The van der Waals surface area contributed by atoms with Crippen molar-refractivity contribution in [3.63, 3.8) is 0 Å². The van der Waals surface area contributed by atoms with E-state index in [-0.39, 0.29) is 17.3 Å². The zero-order valence-electron chi connectivity index (χ0n) is 19.4. The number of halogens is 1. The normalized spacial score (nSPS) is 19.4. The molecule has 3 heterocycles. The molecule has 8 nitrogen and oxygen atoms in total. The smallest absolute Gasteiger partial charge is 0.243 e. The lowest BCUT2D eigenvalue weighted by molar-refractivity contribution is -0.134. The maximum absolute atomic E-state index is 13.4. The minimum Gasteiger partial charge on any atom is -0.492 e. The van der Waals surface area contributed by atoms with Gasteiger partial charge >= 0.3 is 0 Å². The van der Waals surface area contributed by atoms with Crippen molar-refractivity contribution in [1.82, 2.24) is 14.2 Å². The van der Waals surface area contributed by atoms with Crippen LogP contribution < -0.4 is 9.64 Å². The second-order valence-corrected chi connectivity index (χ2v) is 11.5. The van der Waals surface area contributed by atoms with Gasteiger partial charge in [0, 0.05) is 32.7 Å². The van der Waals surface area contributed by atoms with Gasteiger partial charge < -0.3 is 14.5 Å². The summed E-state index contributed by atoms with van der Waals surface area (Å²) in [5.74, 6) is 0.0962. The summed E-state index contributed by atoms with van der Waals surface area (Å²) >= 11 is 1.60.